The maximum Gasteiger partial charge on any atom is 0.339 e. The molecule has 0 aliphatic rings. The highest BCUT2D eigenvalue weighted by molar-refractivity contribution is 9.10. The molecule has 0 bridgehead atoms. The van der Waals surface area contributed by atoms with Gasteiger partial charge < -0.3 is 4.74 Å². The summed E-state index contributed by atoms with van der Waals surface area (Å²) in [5.74, 6) is -0.662. The number of benzene rings is 1. The quantitative estimate of drug-likeness (QED) is 0.532. The summed E-state index contributed by atoms with van der Waals surface area (Å²) >= 11 is 3.22. The summed E-state index contributed by atoms with van der Waals surface area (Å²) in [5, 5.41) is 0. The Morgan fingerprint density at radius 1 is 1.29 bits per heavy atom. The van der Waals surface area contributed by atoms with E-state index in [1.165, 1.54) is 32.4 Å². The third-order valence-electron chi connectivity index (χ3n) is 3.13. The van der Waals surface area contributed by atoms with Crippen LogP contribution in [0.3, 0.4) is 0 Å². The Hall–Kier alpha value is -1.81. The summed E-state index contributed by atoms with van der Waals surface area (Å²) in [6.45, 7) is -0.0128. The minimum Gasteiger partial charge on any atom is -0.456 e. The molecule has 0 radical (unpaired) electrons. The normalized spacial score (nSPS) is 11.5. The second kappa shape index (κ2) is 7.84. The van der Waals surface area contributed by atoms with E-state index in [4.69, 9.17) is 9.57 Å². The highest BCUT2D eigenvalue weighted by Gasteiger charge is 2.23. The fourth-order valence-electron chi connectivity index (χ4n) is 1.77. The van der Waals surface area contributed by atoms with Crippen LogP contribution in [0.15, 0.2) is 52.0 Å². The summed E-state index contributed by atoms with van der Waals surface area (Å²) in [6, 6.07) is 9.31. The monoisotopic (exact) mass is 414 g/mol. The third kappa shape index (κ3) is 4.18. The predicted molar refractivity (Wildman–Crippen MR) is 89.5 cm³/mol. The smallest absolute Gasteiger partial charge is 0.339 e. The van der Waals surface area contributed by atoms with Crippen molar-refractivity contribution in [1.29, 1.82) is 0 Å². The maximum absolute atomic E-state index is 12.3. The molecule has 2 aromatic rings. The molecule has 128 valence electrons. The fraction of sp³-hybridized carbons (Fsp3) is 0.200. The molecule has 0 amide bonds. The molecule has 7 nitrogen and oxygen atoms in total. The number of hydrogen-bond donors (Lipinski definition) is 0. The molecule has 1 aromatic heterocycles. The van der Waals surface area contributed by atoms with E-state index in [0.29, 0.717) is 14.6 Å². The lowest BCUT2D eigenvalue weighted by Gasteiger charge is -2.15. The number of esters is 1. The maximum atomic E-state index is 12.3. The molecule has 0 N–H and O–H groups in total. The van der Waals surface area contributed by atoms with Crippen LogP contribution in [0.5, 0.6) is 0 Å². The SMILES string of the molecule is CON(C)S(=O)(=O)c1ccc(Br)c(C(=O)OCc2ccccn2)c1. The molecule has 0 aliphatic carbocycles. The number of aromatic nitrogens is 1. The molecule has 0 aliphatic heterocycles. The highest BCUT2D eigenvalue weighted by Crippen LogP contribution is 2.24. The summed E-state index contributed by atoms with van der Waals surface area (Å²) in [5.41, 5.74) is 0.682. The van der Waals surface area contributed by atoms with Crippen LogP contribution in [0, 0.1) is 0 Å². The molecule has 2 rings (SSSR count). The average molecular weight is 415 g/mol. The number of hydrogen-bond acceptors (Lipinski definition) is 6. The van der Waals surface area contributed by atoms with E-state index in [1.54, 1.807) is 24.4 Å². The van der Waals surface area contributed by atoms with Crippen molar-refractivity contribution in [3.63, 3.8) is 0 Å². The Bertz CT molecular complexity index is 827. The molecule has 0 spiro atoms. The third-order valence-corrected chi connectivity index (χ3v) is 5.50. The zero-order valence-electron chi connectivity index (χ0n) is 13.0. The van der Waals surface area contributed by atoms with Crippen LogP contribution < -0.4 is 0 Å². The van der Waals surface area contributed by atoms with Gasteiger partial charge in [-0.25, -0.2) is 13.2 Å². The average Bonchev–Trinajstić information content (AvgIpc) is 2.60. The van der Waals surface area contributed by atoms with Gasteiger partial charge in [-0.2, -0.15) is 0 Å². The van der Waals surface area contributed by atoms with Crippen molar-refractivity contribution in [1.82, 2.24) is 9.45 Å². The van der Waals surface area contributed by atoms with Crippen molar-refractivity contribution >= 4 is 31.9 Å². The van der Waals surface area contributed by atoms with Gasteiger partial charge >= 0.3 is 5.97 Å². The van der Waals surface area contributed by atoms with Gasteiger partial charge in [-0.15, -0.1) is 0 Å². The van der Waals surface area contributed by atoms with Gasteiger partial charge in [0.15, 0.2) is 0 Å². The molecule has 1 aromatic carbocycles. The molecule has 0 saturated heterocycles. The van der Waals surface area contributed by atoms with Gasteiger partial charge in [0.2, 0.25) is 0 Å². The Labute approximate surface area is 148 Å². The summed E-state index contributed by atoms with van der Waals surface area (Å²) in [7, 11) is -1.36. The van der Waals surface area contributed by atoms with Gasteiger partial charge in [0.05, 0.1) is 23.3 Å². The number of halogens is 1. The molecule has 0 unspecified atom stereocenters. The van der Waals surface area contributed by atoms with Crippen molar-refractivity contribution in [3.8, 4) is 0 Å². The van der Waals surface area contributed by atoms with Crippen LogP contribution in [0.25, 0.3) is 0 Å². The second-order valence-corrected chi connectivity index (χ2v) is 7.43. The minimum absolute atomic E-state index is 0.0128. The van der Waals surface area contributed by atoms with Crippen molar-refractivity contribution in [2.45, 2.75) is 11.5 Å². The molecule has 0 fully saturated rings. The largest absolute Gasteiger partial charge is 0.456 e. The van der Waals surface area contributed by atoms with E-state index in [2.05, 4.69) is 20.9 Å². The number of ether oxygens (including phenoxy) is 1. The topological polar surface area (TPSA) is 85.8 Å². The zero-order valence-corrected chi connectivity index (χ0v) is 15.4. The molecule has 0 atom stereocenters. The van der Waals surface area contributed by atoms with Crippen LogP contribution in [-0.4, -0.2) is 38.0 Å². The highest BCUT2D eigenvalue weighted by atomic mass is 79.9. The van der Waals surface area contributed by atoms with Gasteiger partial charge in [-0.3, -0.25) is 9.82 Å². The van der Waals surface area contributed by atoms with E-state index in [-0.39, 0.29) is 17.1 Å². The minimum atomic E-state index is -3.86. The Balaban J connectivity index is 2.24. The van der Waals surface area contributed by atoms with E-state index in [0.717, 1.165) is 0 Å². The van der Waals surface area contributed by atoms with E-state index in [9.17, 15) is 13.2 Å². The standard InChI is InChI=1S/C15H15BrN2O5S/c1-18(22-2)24(20,21)12-6-7-14(16)13(9-12)15(19)23-10-11-5-3-4-8-17-11/h3-9H,10H2,1-2H3. The number of pyridine rings is 1. The first kappa shape index (κ1) is 18.5. The molecule has 0 saturated carbocycles. The molecule has 1 heterocycles. The first-order valence-electron chi connectivity index (χ1n) is 6.76. The van der Waals surface area contributed by atoms with Crippen molar-refractivity contribution < 1.29 is 22.8 Å². The van der Waals surface area contributed by atoms with Gasteiger partial charge in [0.1, 0.15) is 6.61 Å². The van der Waals surface area contributed by atoms with E-state index < -0.39 is 16.0 Å². The number of carbonyl (C=O) groups excluding carboxylic acids is 1. The van der Waals surface area contributed by atoms with Crippen molar-refractivity contribution in [3.05, 3.63) is 58.3 Å². The van der Waals surface area contributed by atoms with Crippen LogP contribution in [0.2, 0.25) is 0 Å². The van der Waals surface area contributed by atoms with Crippen LogP contribution >= 0.6 is 15.9 Å². The zero-order chi connectivity index (χ0) is 17.7. The van der Waals surface area contributed by atoms with E-state index >= 15 is 0 Å². The van der Waals surface area contributed by atoms with Gasteiger partial charge in [0.25, 0.3) is 10.0 Å². The van der Waals surface area contributed by atoms with Gasteiger partial charge in [0, 0.05) is 17.7 Å². The Morgan fingerprint density at radius 2 is 2.04 bits per heavy atom. The molecule has 24 heavy (non-hydrogen) atoms. The number of hydroxylamine groups is 1. The number of rotatable bonds is 6. The first-order valence-corrected chi connectivity index (χ1v) is 8.99. The van der Waals surface area contributed by atoms with E-state index in [1.807, 2.05) is 0 Å². The predicted octanol–water partition coefficient (Wildman–Crippen LogP) is 2.38. The lowest BCUT2D eigenvalue weighted by atomic mass is 10.2. The molecular formula is C15H15BrN2O5S. The Morgan fingerprint density at radius 3 is 2.67 bits per heavy atom. The number of carbonyl (C=O) groups is 1. The van der Waals surface area contributed by atoms with Crippen LogP contribution in [-0.2, 0) is 26.2 Å². The van der Waals surface area contributed by atoms with Crippen LogP contribution in [0.4, 0.5) is 0 Å². The second-order valence-electron chi connectivity index (χ2n) is 4.64. The number of nitrogens with zero attached hydrogens (tertiary/aromatic N) is 2. The van der Waals surface area contributed by atoms with Gasteiger partial charge in [-0.05, 0) is 46.3 Å². The van der Waals surface area contributed by atoms with Crippen molar-refractivity contribution in [2.75, 3.05) is 14.2 Å². The van der Waals surface area contributed by atoms with Crippen LogP contribution in [0.1, 0.15) is 16.1 Å². The molecular weight excluding hydrogens is 400 g/mol. The first-order chi connectivity index (χ1) is 11.4. The van der Waals surface area contributed by atoms with Gasteiger partial charge in [-0.1, -0.05) is 10.5 Å². The number of sulfonamides is 1. The summed E-state index contributed by atoms with van der Waals surface area (Å²) in [6.07, 6.45) is 1.59. The fourth-order valence-corrected chi connectivity index (χ4v) is 3.18. The lowest BCUT2D eigenvalue weighted by Crippen LogP contribution is -2.26. The molecule has 9 heteroatoms. The Kier molecular flexibility index (Phi) is 6.05. The van der Waals surface area contributed by atoms with Crippen molar-refractivity contribution in [2.24, 2.45) is 0 Å². The lowest BCUT2D eigenvalue weighted by molar-refractivity contribution is -0.0258. The summed E-state index contributed by atoms with van der Waals surface area (Å²) in [4.78, 5) is 20.9. The summed E-state index contributed by atoms with van der Waals surface area (Å²) < 4.78 is 30.8.